The average molecular weight is 185 g/mol. The van der Waals surface area contributed by atoms with Gasteiger partial charge in [-0.2, -0.15) is 0 Å². The summed E-state index contributed by atoms with van der Waals surface area (Å²) >= 11 is 0. The number of carbonyl (C=O) groups excluding carboxylic acids is 1. The third-order valence-electron chi connectivity index (χ3n) is 1.39. The molecule has 0 unspecified atom stereocenters. The van der Waals surface area contributed by atoms with Gasteiger partial charge in [-0.1, -0.05) is 18.2 Å². The Balaban J connectivity index is 3.87. The highest BCUT2D eigenvalue weighted by Crippen LogP contribution is 1.96. The summed E-state index contributed by atoms with van der Waals surface area (Å²) in [5, 5.41) is 8.42. The molecule has 0 bridgehead atoms. The van der Waals surface area contributed by atoms with Crippen LogP contribution in [-0.4, -0.2) is 24.7 Å². The molecule has 0 aromatic carbocycles. The Morgan fingerprint density at radius 1 is 1.54 bits per heavy atom. The van der Waals surface area contributed by atoms with Crippen LogP contribution < -0.4 is 5.48 Å². The van der Waals surface area contributed by atoms with Gasteiger partial charge in [0.2, 0.25) is 0 Å². The van der Waals surface area contributed by atoms with Gasteiger partial charge >= 0.3 is 0 Å². The molecule has 13 heavy (non-hydrogen) atoms. The molecule has 0 saturated carbocycles. The predicted molar refractivity (Wildman–Crippen MR) is 49.8 cm³/mol. The Hall–Kier alpha value is -1.13. The van der Waals surface area contributed by atoms with Crippen molar-refractivity contribution in [2.24, 2.45) is 0 Å². The molecule has 0 fully saturated rings. The number of hydrogen-bond acceptors (Lipinski definition) is 3. The molecule has 1 amide bonds. The number of rotatable bonds is 5. The molecule has 0 radical (unpaired) electrons. The molecular formula is C9H15NO3. The number of aliphatic hydroxyl groups is 1. The summed E-state index contributed by atoms with van der Waals surface area (Å²) in [5.41, 5.74) is 2.79. The molecule has 0 aliphatic heterocycles. The van der Waals surface area contributed by atoms with Crippen LogP contribution in [0.5, 0.6) is 0 Å². The lowest BCUT2D eigenvalue weighted by Crippen LogP contribution is -2.22. The molecule has 0 aromatic rings. The van der Waals surface area contributed by atoms with E-state index in [9.17, 15) is 4.79 Å². The first-order valence-corrected chi connectivity index (χ1v) is 3.98. The van der Waals surface area contributed by atoms with Crippen LogP contribution in [0.3, 0.4) is 0 Å². The second-order valence-corrected chi connectivity index (χ2v) is 2.41. The Labute approximate surface area is 77.9 Å². The van der Waals surface area contributed by atoms with E-state index in [2.05, 4.69) is 10.3 Å². The molecule has 0 heterocycles. The maximum atomic E-state index is 11.0. The van der Waals surface area contributed by atoms with E-state index in [1.54, 1.807) is 25.2 Å². The van der Waals surface area contributed by atoms with E-state index in [1.165, 1.54) is 7.11 Å². The lowest BCUT2D eigenvalue weighted by molar-refractivity contribution is -0.127. The monoisotopic (exact) mass is 185 g/mol. The van der Waals surface area contributed by atoms with E-state index >= 15 is 0 Å². The van der Waals surface area contributed by atoms with Crippen molar-refractivity contribution in [2.75, 3.05) is 13.7 Å². The zero-order chi connectivity index (χ0) is 10.1. The van der Waals surface area contributed by atoms with Crippen molar-refractivity contribution in [1.82, 2.24) is 5.48 Å². The number of aliphatic hydroxyl groups excluding tert-OH is 1. The van der Waals surface area contributed by atoms with Crippen LogP contribution in [0.1, 0.15) is 13.3 Å². The summed E-state index contributed by atoms with van der Waals surface area (Å²) in [6, 6.07) is 0. The molecule has 0 aromatic heterocycles. The number of amides is 1. The quantitative estimate of drug-likeness (QED) is 0.373. The highest BCUT2D eigenvalue weighted by atomic mass is 16.6. The van der Waals surface area contributed by atoms with Gasteiger partial charge < -0.3 is 5.11 Å². The highest BCUT2D eigenvalue weighted by Gasteiger charge is 2.00. The normalized spacial score (nSPS) is 12.1. The van der Waals surface area contributed by atoms with E-state index in [4.69, 9.17) is 5.11 Å². The summed E-state index contributed by atoms with van der Waals surface area (Å²) in [4.78, 5) is 15.5. The third kappa shape index (κ3) is 6.07. The fourth-order valence-corrected chi connectivity index (χ4v) is 0.681. The van der Waals surface area contributed by atoms with Crippen molar-refractivity contribution < 1.29 is 14.7 Å². The van der Waals surface area contributed by atoms with Crippen LogP contribution in [-0.2, 0) is 9.63 Å². The lowest BCUT2D eigenvalue weighted by atomic mass is 10.2. The summed E-state index contributed by atoms with van der Waals surface area (Å²) in [7, 11) is 1.39. The Morgan fingerprint density at radius 3 is 2.77 bits per heavy atom. The SMILES string of the molecule is CONC(=O)/C(C)=C\CC=CCO. The van der Waals surface area contributed by atoms with Gasteiger partial charge in [0, 0.05) is 5.57 Å². The first-order valence-electron chi connectivity index (χ1n) is 3.98. The molecule has 0 spiro atoms. The van der Waals surface area contributed by atoms with E-state index < -0.39 is 0 Å². The molecule has 4 heteroatoms. The smallest absolute Gasteiger partial charge is 0.270 e. The molecule has 0 atom stereocenters. The zero-order valence-corrected chi connectivity index (χ0v) is 7.91. The van der Waals surface area contributed by atoms with Crippen molar-refractivity contribution in [3.8, 4) is 0 Å². The summed E-state index contributed by atoms with van der Waals surface area (Å²) in [6.07, 6.45) is 5.78. The first kappa shape index (κ1) is 11.9. The largest absolute Gasteiger partial charge is 0.392 e. The highest BCUT2D eigenvalue weighted by molar-refractivity contribution is 5.91. The van der Waals surface area contributed by atoms with Gasteiger partial charge in [-0.05, 0) is 13.3 Å². The van der Waals surface area contributed by atoms with Gasteiger partial charge in [-0.25, -0.2) is 5.48 Å². The van der Waals surface area contributed by atoms with E-state index in [1.807, 2.05) is 0 Å². The van der Waals surface area contributed by atoms with Gasteiger partial charge in [0.1, 0.15) is 0 Å². The van der Waals surface area contributed by atoms with Gasteiger partial charge in [0.15, 0.2) is 0 Å². The van der Waals surface area contributed by atoms with E-state index in [0.717, 1.165) is 0 Å². The van der Waals surface area contributed by atoms with E-state index in [-0.39, 0.29) is 12.5 Å². The first-order chi connectivity index (χ1) is 6.22. The minimum absolute atomic E-state index is 0.0250. The van der Waals surface area contributed by atoms with Crippen molar-refractivity contribution in [3.05, 3.63) is 23.8 Å². The number of hydroxylamine groups is 1. The molecule has 0 rings (SSSR count). The predicted octanol–water partition coefficient (Wildman–Crippen LogP) is 0.549. The minimum Gasteiger partial charge on any atom is -0.392 e. The number of carbonyl (C=O) groups is 1. The van der Waals surface area contributed by atoms with Gasteiger partial charge in [0.05, 0.1) is 13.7 Å². The van der Waals surface area contributed by atoms with Crippen LogP contribution >= 0.6 is 0 Å². The van der Waals surface area contributed by atoms with Crippen LogP contribution in [0.25, 0.3) is 0 Å². The van der Waals surface area contributed by atoms with Crippen molar-refractivity contribution >= 4 is 5.91 Å². The molecule has 74 valence electrons. The van der Waals surface area contributed by atoms with Crippen LogP contribution in [0, 0.1) is 0 Å². The standard InChI is InChI=1S/C9H15NO3/c1-8(9(12)10-13-2)6-4-3-5-7-11/h3,5-6,11H,4,7H2,1-2H3,(H,10,12)/b5-3?,8-6-. The molecule has 4 nitrogen and oxygen atoms in total. The topological polar surface area (TPSA) is 58.6 Å². The Morgan fingerprint density at radius 2 is 2.23 bits per heavy atom. The van der Waals surface area contributed by atoms with Gasteiger partial charge in [0.25, 0.3) is 5.91 Å². The maximum absolute atomic E-state index is 11.0. The number of nitrogens with one attached hydrogen (secondary N) is 1. The lowest BCUT2D eigenvalue weighted by Gasteiger charge is -2.00. The number of allylic oxidation sites excluding steroid dienone is 2. The van der Waals surface area contributed by atoms with Crippen molar-refractivity contribution in [3.63, 3.8) is 0 Å². The Kier molecular flexibility index (Phi) is 6.86. The molecule has 0 saturated heterocycles. The fraction of sp³-hybridized carbons (Fsp3) is 0.444. The van der Waals surface area contributed by atoms with Crippen molar-refractivity contribution in [1.29, 1.82) is 0 Å². The maximum Gasteiger partial charge on any atom is 0.270 e. The zero-order valence-electron chi connectivity index (χ0n) is 7.91. The van der Waals surface area contributed by atoms with Crippen LogP contribution in [0.2, 0.25) is 0 Å². The second-order valence-electron chi connectivity index (χ2n) is 2.41. The third-order valence-corrected chi connectivity index (χ3v) is 1.39. The van der Waals surface area contributed by atoms with E-state index in [0.29, 0.717) is 12.0 Å². The van der Waals surface area contributed by atoms with Gasteiger partial charge in [-0.3, -0.25) is 9.63 Å². The summed E-state index contributed by atoms with van der Waals surface area (Å²) < 4.78 is 0. The molecule has 0 aliphatic carbocycles. The van der Waals surface area contributed by atoms with Crippen LogP contribution in [0.4, 0.5) is 0 Å². The second kappa shape index (κ2) is 7.52. The molecule has 2 N–H and O–H groups in total. The van der Waals surface area contributed by atoms with Crippen molar-refractivity contribution in [2.45, 2.75) is 13.3 Å². The number of hydrogen-bond donors (Lipinski definition) is 2. The molecule has 0 aliphatic rings. The average Bonchev–Trinajstić information content (AvgIpc) is 2.12. The molecular weight excluding hydrogens is 170 g/mol. The van der Waals surface area contributed by atoms with Gasteiger partial charge in [-0.15, -0.1) is 0 Å². The van der Waals surface area contributed by atoms with Crippen LogP contribution in [0.15, 0.2) is 23.8 Å². The summed E-state index contributed by atoms with van der Waals surface area (Å²) in [5.74, 6) is -0.250. The Bertz CT molecular complexity index is 209. The fourth-order valence-electron chi connectivity index (χ4n) is 0.681. The summed E-state index contributed by atoms with van der Waals surface area (Å²) in [6.45, 7) is 1.72. The minimum atomic E-state index is -0.250.